The maximum Gasteiger partial charge on any atom is 0.454 e. The quantitative estimate of drug-likeness (QED) is 0.368. The normalized spacial score (nSPS) is 13.3. The minimum atomic E-state index is -4.96. The van der Waals surface area contributed by atoms with Crippen LogP contribution in [0.15, 0.2) is 24.3 Å². The zero-order valence-corrected chi connectivity index (χ0v) is 13.3. The van der Waals surface area contributed by atoms with Crippen LogP contribution in [0.4, 0.5) is 13.2 Å². The summed E-state index contributed by atoms with van der Waals surface area (Å²) in [6.45, 7) is 2.04. The largest absolute Gasteiger partial charge is 0.454 e. The SMILES string of the molecule is CCCCC#CCCC(O)(C#N)c1ccc(C(=O)C(F)(F)F)cc1. The second-order valence-corrected chi connectivity index (χ2v) is 5.33. The van der Waals surface area contributed by atoms with Gasteiger partial charge in [-0.3, -0.25) is 4.79 Å². The Morgan fingerprint density at radius 3 is 2.25 bits per heavy atom. The molecular weight excluding hydrogens is 319 g/mol. The van der Waals surface area contributed by atoms with Crippen molar-refractivity contribution in [1.29, 1.82) is 5.26 Å². The van der Waals surface area contributed by atoms with E-state index in [9.17, 15) is 28.3 Å². The van der Waals surface area contributed by atoms with Gasteiger partial charge in [0, 0.05) is 24.8 Å². The molecule has 0 heterocycles. The lowest BCUT2D eigenvalue weighted by atomic mass is 9.89. The van der Waals surface area contributed by atoms with Crippen molar-refractivity contribution >= 4 is 5.78 Å². The van der Waals surface area contributed by atoms with E-state index in [2.05, 4.69) is 11.8 Å². The number of ketones is 1. The number of unbranched alkanes of at least 4 members (excludes halogenated alkanes) is 2. The fourth-order valence-corrected chi connectivity index (χ4v) is 2.01. The van der Waals surface area contributed by atoms with Gasteiger partial charge in [0.15, 0.2) is 5.60 Å². The van der Waals surface area contributed by atoms with Crippen molar-refractivity contribution < 1.29 is 23.1 Å². The standard InChI is InChI=1S/C18H18F3NO2/c1-2-3-4-5-6-7-12-17(24,13-22)15-10-8-14(9-11-15)16(23)18(19,20)21/h8-11,24H,2-4,7,12H2,1H3. The number of aliphatic hydroxyl groups is 1. The smallest absolute Gasteiger partial charge is 0.371 e. The molecule has 0 bridgehead atoms. The number of nitrogens with zero attached hydrogens (tertiary/aromatic N) is 1. The average Bonchev–Trinajstić information content (AvgIpc) is 2.56. The van der Waals surface area contributed by atoms with E-state index in [1.807, 2.05) is 6.92 Å². The van der Waals surface area contributed by atoms with Gasteiger partial charge in [-0.1, -0.05) is 37.6 Å². The summed E-state index contributed by atoms with van der Waals surface area (Å²) in [6.07, 6.45) is -1.88. The van der Waals surface area contributed by atoms with Crippen LogP contribution < -0.4 is 0 Å². The Kier molecular flexibility index (Phi) is 7.00. The predicted molar refractivity (Wildman–Crippen MR) is 82.9 cm³/mol. The number of nitriles is 1. The molecule has 6 heteroatoms. The molecule has 1 aromatic rings. The Balaban J connectivity index is 2.82. The molecule has 0 radical (unpaired) electrons. The molecule has 0 aliphatic heterocycles. The van der Waals surface area contributed by atoms with Gasteiger partial charge in [0.2, 0.25) is 0 Å². The molecule has 24 heavy (non-hydrogen) atoms. The average molecular weight is 337 g/mol. The van der Waals surface area contributed by atoms with Crippen molar-refractivity contribution in [1.82, 2.24) is 0 Å². The summed E-state index contributed by atoms with van der Waals surface area (Å²) in [7, 11) is 0. The van der Waals surface area contributed by atoms with Crippen LogP contribution in [0.2, 0.25) is 0 Å². The maximum absolute atomic E-state index is 12.4. The number of benzene rings is 1. The van der Waals surface area contributed by atoms with Gasteiger partial charge in [0.25, 0.3) is 5.78 Å². The Labute approximate surface area is 139 Å². The van der Waals surface area contributed by atoms with E-state index in [-0.39, 0.29) is 18.4 Å². The molecule has 0 aliphatic rings. The Morgan fingerprint density at radius 1 is 1.17 bits per heavy atom. The van der Waals surface area contributed by atoms with Crippen LogP contribution in [0.3, 0.4) is 0 Å². The van der Waals surface area contributed by atoms with Crippen LogP contribution >= 0.6 is 0 Å². The van der Waals surface area contributed by atoms with Crippen LogP contribution in [0.5, 0.6) is 0 Å². The number of alkyl halides is 3. The first-order valence-electron chi connectivity index (χ1n) is 7.56. The van der Waals surface area contributed by atoms with E-state index in [1.165, 1.54) is 0 Å². The molecule has 0 amide bonds. The number of hydrogen-bond acceptors (Lipinski definition) is 3. The molecule has 0 aromatic heterocycles. The van der Waals surface area contributed by atoms with Gasteiger partial charge < -0.3 is 5.11 Å². The van der Waals surface area contributed by atoms with Gasteiger partial charge >= 0.3 is 6.18 Å². The summed E-state index contributed by atoms with van der Waals surface area (Å²) < 4.78 is 37.1. The second kappa shape index (κ2) is 8.52. The summed E-state index contributed by atoms with van der Waals surface area (Å²) >= 11 is 0. The Bertz CT molecular complexity index is 663. The molecular formula is C18H18F3NO2. The van der Waals surface area contributed by atoms with Gasteiger partial charge in [-0.2, -0.15) is 18.4 Å². The van der Waals surface area contributed by atoms with Crippen molar-refractivity contribution in [2.75, 3.05) is 0 Å². The molecule has 0 saturated carbocycles. The highest BCUT2D eigenvalue weighted by molar-refractivity contribution is 6.00. The number of Topliss-reactive ketones (excluding diaryl/α,β-unsaturated/α-hetero) is 1. The van der Waals surface area contributed by atoms with E-state index < -0.39 is 23.1 Å². The number of rotatable bonds is 6. The molecule has 128 valence electrons. The lowest BCUT2D eigenvalue weighted by Gasteiger charge is -2.19. The third-order valence-electron chi connectivity index (χ3n) is 3.46. The van der Waals surface area contributed by atoms with Crippen molar-refractivity contribution in [2.24, 2.45) is 0 Å². The predicted octanol–water partition coefficient (Wildman–Crippen LogP) is 4.12. The molecule has 0 saturated heterocycles. The van der Waals surface area contributed by atoms with Crippen molar-refractivity contribution in [3.8, 4) is 17.9 Å². The molecule has 1 aromatic carbocycles. The fraction of sp³-hybridized carbons (Fsp3) is 0.444. The van der Waals surface area contributed by atoms with Gasteiger partial charge in [0.1, 0.15) is 6.07 Å². The molecule has 0 fully saturated rings. The summed E-state index contributed by atoms with van der Waals surface area (Å²) in [5, 5.41) is 19.5. The molecule has 0 aliphatic carbocycles. The highest BCUT2D eigenvalue weighted by Gasteiger charge is 2.39. The Hall–Kier alpha value is -2.31. The molecule has 1 unspecified atom stereocenters. The third kappa shape index (κ3) is 5.40. The zero-order valence-electron chi connectivity index (χ0n) is 13.3. The van der Waals surface area contributed by atoms with E-state index in [1.54, 1.807) is 6.07 Å². The molecule has 1 N–H and O–H groups in total. The monoisotopic (exact) mass is 337 g/mol. The Morgan fingerprint density at radius 2 is 1.75 bits per heavy atom. The lowest BCUT2D eigenvalue weighted by molar-refractivity contribution is -0.0885. The number of carbonyl (C=O) groups is 1. The van der Waals surface area contributed by atoms with Gasteiger partial charge in [-0.15, -0.1) is 11.8 Å². The van der Waals surface area contributed by atoms with E-state index in [0.29, 0.717) is 0 Å². The van der Waals surface area contributed by atoms with Crippen molar-refractivity contribution in [3.63, 3.8) is 0 Å². The van der Waals surface area contributed by atoms with E-state index >= 15 is 0 Å². The second-order valence-electron chi connectivity index (χ2n) is 5.33. The molecule has 0 spiro atoms. The van der Waals surface area contributed by atoms with Gasteiger partial charge in [-0.05, 0) is 12.0 Å². The van der Waals surface area contributed by atoms with Gasteiger partial charge in [0.05, 0.1) is 0 Å². The minimum absolute atomic E-state index is 0.0369. The van der Waals surface area contributed by atoms with Crippen LogP contribution in [0.25, 0.3) is 0 Å². The third-order valence-corrected chi connectivity index (χ3v) is 3.46. The summed E-state index contributed by atoms with van der Waals surface area (Å²) in [6, 6.07) is 5.99. The molecule has 1 atom stereocenters. The van der Waals surface area contributed by atoms with E-state index in [0.717, 1.165) is 43.5 Å². The first-order chi connectivity index (χ1) is 11.2. The molecule has 3 nitrogen and oxygen atoms in total. The van der Waals surface area contributed by atoms with E-state index in [4.69, 9.17) is 0 Å². The topological polar surface area (TPSA) is 61.1 Å². The van der Waals surface area contributed by atoms with Crippen LogP contribution in [-0.4, -0.2) is 17.1 Å². The number of carbonyl (C=O) groups excluding carboxylic acids is 1. The highest BCUT2D eigenvalue weighted by Crippen LogP contribution is 2.28. The minimum Gasteiger partial charge on any atom is -0.371 e. The maximum atomic E-state index is 12.4. The number of halogens is 3. The summed E-state index contributed by atoms with van der Waals surface area (Å²) in [4.78, 5) is 11.1. The number of hydrogen-bond donors (Lipinski definition) is 1. The zero-order chi connectivity index (χ0) is 18.2. The summed E-state index contributed by atoms with van der Waals surface area (Å²) in [5.41, 5.74) is -2.25. The van der Waals surface area contributed by atoms with Crippen molar-refractivity contribution in [3.05, 3.63) is 35.4 Å². The molecule has 1 rings (SSSR count). The first-order valence-corrected chi connectivity index (χ1v) is 7.56. The highest BCUT2D eigenvalue weighted by atomic mass is 19.4. The lowest BCUT2D eigenvalue weighted by Crippen LogP contribution is -2.25. The van der Waals surface area contributed by atoms with Crippen LogP contribution in [0.1, 0.15) is 54.9 Å². The van der Waals surface area contributed by atoms with Crippen molar-refractivity contribution in [2.45, 2.75) is 50.8 Å². The van der Waals surface area contributed by atoms with Crippen LogP contribution in [-0.2, 0) is 5.60 Å². The fourth-order valence-electron chi connectivity index (χ4n) is 2.01. The van der Waals surface area contributed by atoms with Gasteiger partial charge in [-0.25, -0.2) is 0 Å². The summed E-state index contributed by atoms with van der Waals surface area (Å²) in [5.74, 6) is 3.84. The first kappa shape index (κ1) is 19.7. The van der Waals surface area contributed by atoms with Crippen LogP contribution in [0, 0.1) is 23.2 Å².